The Morgan fingerprint density at radius 1 is 1.41 bits per heavy atom. The Balaban J connectivity index is 2.05. The molecule has 0 bridgehead atoms. The molecule has 1 aliphatic heterocycles. The maximum atomic E-state index is 3.70. The van der Waals surface area contributed by atoms with Gasteiger partial charge in [0.2, 0.25) is 0 Å². The molecule has 1 fully saturated rings. The zero-order valence-electron chi connectivity index (χ0n) is 11.1. The first-order chi connectivity index (χ1) is 8.20. The van der Waals surface area contributed by atoms with Gasteiger partial charge in [-0.05, 0) is 55.2 Å². The fourth-order valence-electron chi connectivity index (χ4n) is 2.51. The van der Waals surface area contributed by atoms with Crippen LogP contribution >= 0.6 is 11.8 Å². The molecular weight excluding hydrogens is 226 g/mol. The monoisotopic (exact) mass is 249 g/mol. The summed E-state index contributed by atoms with van der Waals surface area (Å²) in [7, 11) is 0. The molecule has 1 saturated heterocycles. The molecule has 1 nitrogen and oxygen atoms in total. The summed E-state index contributed by atoms with van der Waals surface area (Å²) in [6.07, 6.45) is 3.78. The fraction of sp³-hybridized carbons (Fsp3) is 0.600. The second-order valence-corrected chi connectivity index (χ2v) is 6.45. The van der Waals surface area contributed by atoms with Crippen molar-refractivity contribution in [1.82, 2.24) is 0 Å². The Morgan fingerprint density at radius 2 is 2.24 bits per heavy atom. The Kier molecular flexibility index (Phi) is 4.38. The molecule has 1 N–H and O–H groups in total. The van der Waals surface area contributed by atoms with Crippen molar-refractivity contribution in [2.45, 2.75) is 51.3 Å². The van der Waals surface area contributed by atoms with Crippen LogP contribution in [0.3, 0.4) is 0 Å². The number of hydrogen-bond acceptors (Lipinski definition) is 2. The Labute approximate surface area is 109 Å². The summed E-state index contributed by atoms with van der Waals surface area (Å²) in [5, 5.41) is 4.43. The van der Waals surface area contributed by atoms with E-state index < -0.39 is 0 Å². The molecule has 17 heavy (non-hydrogen) atoms. The summed E-state index contributed by atoms with van der Waals surface area (Å²) < 4.78 is 0. The largest absolute Gasteiger partial charge is 0.381 e. The van der Waals surface area contributed by atoms with Crippen molar-refractivity contribution in [3.8, 4) is 0 Å². The third-order valence-electron chi connectivity index (χ3n) is 3.68. The second-order valence-electron chi connectivity index (χ2n) is 4.96. The number of thioether (sulfide) groups is 1. The van der Waals surface area contributed by atoms with Gasteiger partial charge in [-0.3, -0.25) is 0 Å². The Bertz CT molecular complexity index is 375. The summed E-state index contributed by atoms with van der Waals surface area (Å²) in [6.45, 7) is 6.77. The van der Waals surface area contributed by atoms with Crippen molar-refractivity contribution in [2.24, 2.45) is 0 Å². The van der Waals surface area contributed by atoms with Gasteiger partial charge < -0.3 is 5.32 Å². The Hall–Kier alpha value is -0.630. The molecule has 2 unspecified atom stereocenters. The molecule has 1 aliphatic rings. The third-order valence-corrected chi connectivity index (χ3v) is 5.06. The molecule has 94 valence electrons. The highest BCUT2D eigenvalue weighted by atomic mass is 32.2. The van der Waals surface area contributed by atoms with E-state index in [0.717, 1.165) is 11.7 Å². The van der Waals surface area contributed by atoms with Gasteiger partial charge in [-0.2, -0.15) is 11.8 Å². The summed E-state index contributed by atoms with van der Waals surface area (Å²) in [4.78, 5) is 0. The third kappa shape index (κ3) is 3.19. The van der Waals surface area contributed by atoms with Gasteiger partial charge in [0.1, 0.15) is 0 Å². The molecule has 0 saturated carbocycles. The van der Waals surface area contributed by atoms with Crippen LogP contribution in [0.15, 0.2) is 18.2 Å². The molecule has 0 spiro atoms. The van der Waals surface area contributed by atoms with Crippen molar-refractivity contribution in [2.75, 3.05) is 11.1 Å². The van der Waals surface area contributed by atoms with E-state index in [9.17, 15) is 0 Å². The number of aryl methyl sites for hydroxylation is 2. The topological polar surface area (TPSA) is 12.0 Å². The van der Waals surface area contributed by atoms with E-state index in [2.05, 4.69) is 56.0 Å². The van der Waals surface area contributed by atoms with E-state index in [1.54, 1.807) is 0 Å². The lowest BCUT2D eigenvalue weighted by molar-refractivity contribution is 0.617. The molecule has 0 amide bonds. The smallest absolute Gasteiger partial charge is 0.0377 e. The lowest BCUT2D eigenvalue weighted by Crippen LogP contribution is -2.32. The lowest BCUT2D eigenvalue weighted by atomic mass is 10.0. The number of anilines is 1. The molecular formula is C15H23NS. The van der Waals surface area contributed by atoms with Crippen LogP contribution in [0.5, 0.6) is 0 Å². The summed E-state index contributed by atoms with van der Waals surface area (Å²) in [6, 6.07) is 7.43. The zero-order chi connectivity index (χ0) is 12.3. The van der Waals surface area contributed by atoms with Crippen molar-refractivity contribution in [3.63, 3.8) is 0 Å². The molecule has 1 aromatic rings. The van der Waals surface area contributed by atoms with Gasteiger partial charge in [-0.25, -0.2) is 0 Å². The summed E-state index contributed by atoms with van der Waals surface area (Å²) >= 11 is 2.09. The highest BCUT2D eigenvalue weighted by Crippen LogP contribution is 2.28. The SMILES string of the molecule is CCc1ccc(NC2CCCSC2C)cc1C. The Morgan fingerprint density at radius 3 is 2.88 bits per heavy atom. The van der Waals surface area contributed by atoms with Crippen LogP contribution in [0, 0.1) is 6.92 Å². The predicted octanol–water partition coefficient (Wildman–Crippen LogP) is 4.25. The maximum Gasteiger partial charge on any atom is 0.0377 e. The molecule has 1 aromatic carbocycles. The highest BCUT2D eigenvalue weighted by molar-refractivity contribution is 8.00. The second kappa shape index (κ2) is 5.81. The first kappa shape index (κ1) is 12.8. The van der Waals surface area contributed by atoms with Gasteiger partial charge in [0, 0.05) is 17.0 Å². The van der Waals surface area contributed by atoms with Crippen molar-refractivity contribution in [3.05, 3.63) is 29.3 Å². The molecule has 0 aromatic heterocycles. The fourth-order valence-corrected chi connectivity index (χ4v) is 3.65. The van der Waals surface area contributed by atoms with E-state index in [1.807, 2.05) is 0 Å². The number of benzene rings is 1. The van der Waals surface area contributed by atoms with Gasteiger partial charge in [0.15, 0.2) is 0 Å². The van der Waals surface area contributed by atoms with Crippen LogP contribution in [0.1, 0.15) is 37.8 Å². The van der Waals surface area contributed by atoms with Crippen LogP contribution in [0.2, 0.25) is 0 Å². The van der Waals surface area contributed by atoms with Crippen LogP contribution in [0.4, 0.5) is 5.69 Å². The average molecular weight is 249 g/mol. The first-order valence-corrected chi connectivity index (χ1v) is 7.73. The molecule has 2 rings (SSSR count). The normalized spacial score (nSPS) is 24.6. The van der Waals surface area contributed by atoms with Crippen molar-refractivity contribution < 1.29 is 0 Å². The number of rotatable bonds is 3. The van der Waals surface area contributed by atoms with Crippen LogP contribution < -0.4 is 5.32 Å². The number of hydrogen-bond donors (Lipinski definition) is 1. The predicted molar refractivity (Wildman–Crippen MR) is 79.1 cm³/mol. The van der Waals surface area contributed by atoms with Gasteiger partial charge in [-0.1, -0.05) is 19.9 Å². The standard InChI is InChI=1S/C15H23NS/c1-4-13-7-8-14(10-11(13)2)16-15-6-5-9-17-12(15)3/h7-8,10,12,15-16H,4-6,9H2,1-3H3. The van der Waals surface area contributed by atoms with Crippen molar-refractivity contribution >= 4 is 17.4 Å². The van der Waals surface area contributed by atoms with E-state index >= 15 is 0 Å². The van der Waals surface area contributed by atoms with Gasteiger partial charge in [0.05, 0.1) is 0 Å². The van der Waals surface area contributed by atoms with Gasteiger partial charge in [-0.15, -0.1) is 0 Å². The van der Waals surface area contributed by atoms with Crippen molar-refractivity contribution in [1.29, 1.82) is 0 Å². The van der Waals surface area contributed by atoms with E-state index in [4.69, 9.17) is 0 Å². The van der Waals surface area contributed by atoms with E-state index in [1.165, 1.54) is 35.4 Å². The molecule has 0 radical (unpaired) electrons. The summed E-state index contributed by atoms with van der Waals surface area (Å²) in [5.74, 6) is 1.33. The highest BCUT2D eigenvalue weighted by Gasteiger charge is 2.21. The summed E-state index contributed by atoms with van der Waals surface area (Å²) in [5.41, 5.74) is 4.16. The first-order valence-electron chi connectivity index (χ1n) is 6.68. The average Bonchev–Trinajstić information content (AvgIpc) is 2.32. The minimum Gasteiger partial charge on any atom is -0.381 e. The van der Waals surface area contributed by atoms with Crippen LogP contribution in [0.25, 0.3) is 0 Å². The number of nitrogens with one attached hydrogen (secondary N) is 1. The quantitative estimate of drug-likeness (QED) is 0.859. The molecule has 2 atom stereocenters. The molecule has 1 heterocycles. The minimum absolute atomic E-state index is 0.639. The maximum absolute atomic E-state index is 3.70. The van der Waals surface area contributed by atoms with Crippen LogP contribution in [-0.2, 0) is 6.42 Å². The van der Waals surface area contributed by atoms with E-state index in [-0.39, 0.29) is 0 Å². The van der Waals surface area contributed by atoms with E-state index in [0.29, 0.717) is 6.04 Å². The van der Waals surface area contributed by atoms with Gasteiger partial charge in [0.25, 0.3) is 0 Å². The minimum atomic E-state index is 0.639. The molecule has 0 aliphatic carbocycles. The van der Waals surface area contributed by atoms with Crippen LogP contribution in [-0.4, -0.2) is 17.0 Å². The zero-order valence-corrected chi connectivity index (χ0v) is 11.9. The van der Waals surface area contributed by atoms with Gasteiger partial charge >= 0.3 is 0 Å². The molecule has 2 heteroatoms. The lowest BCUT2D eigenvalue weighted by Gasteiger charge is -2.30.